The van der Waals surface area contributed by atoms with Crippen LogP contribution in [0.15, 0.2) is 50.4 Å². The molecule has 0 radical (unpaired) electrons. The molecule has 0 aliphatic carbocycles. The summed E-state index contributed by atoms with van der Waals surface area (Å²) in [5.41, 5.74) is 3.73. The maximum atomic E-state index is 12.2. The lowest BCUT2D eigenvalue weighted by Crippen LogP contribution is -2.17. The first-order valence-corrected chi connectivity index (χ1v) is 12.3. The summed E-state index contributed by atoms with van der Waals surface area (Å²) in [5, 5.41) is 13.7. The van der Waals surface area contributed by atoms with Crippen LogP contribution in [0.1, 0.15) is 74.2 Å². The van der Waals surface area contributed by atoms with Gasteiger partial charge in [-0.15, -0.1) is 0 Å². The summed E-state index contributed by atoms with van der Waals surface area (Å²) in [6.45, 7) is 2.94. The summed E-state index contributed by atoms with van der Waals surface area (Å²) in [5.74, 6) is 0.579. The molecule has 0 atom stereocenters. The largest absolute Gasteiger partial charge is 0.506 e. The number of hydrogen-bond donors (Lipinski definition) is 2. The van der Waals surface area contributed by atoms with Gasteiger partial charge in [-0.2, -0.15) is 5.10 Å². The van der Waals surface area contributed by atoms with Crippen molar-refractivity contribution in [2.75, 3.05) is 6.61 Å². The minimum atomic E-state index is -0.303. The number of halogens is 2. The summed E-state index contributed by atoms with van der Waals surface area (Å²) in [6.07, 6.45) is 11.7. The molecule has 0 aliphatic rings. The Kier molecular flexibility index (Phi) is 11.7. The van der Waals surface area contributed by atoms with Crippen molar-refractivity contribution in [3.8, 4) is 11.5 Å². The van der Waals surface area contributed by atoms with E-state index in [0.29, 0.717) is 21.1 Å². The summed E-state index contributed by atoms with van der Waals surface area (Å²) >= 11 is 6.52. The monoisotopic (exact) mass is 552 g/mol. The summed E-state index contributed by atoms with van der Waals surface area (Å²) in [6, 6.07) is 10.5. The molecular formula is C24H30Br2N2O3. The summed E-state index contributed by atoms with van der Waals surface area (Å²) < 4.78 is 6.84. The molecule has 0 unspecified atom stereocenters. The molecule has 0 aromatic heterocycles. The second-order valence-corrected chi connectivity index (χ2v) is 9.09. The van der Waals surface area contributed by atoms with Crippen LogP contribution in [0, 0.1) is 0 Å². The van der Waals surface area contributed by atoms with Crippen molar-refractivity contribution >= 4 is 44.0 Å². The SMILES string of the molecule is CCCCCCCCCCOc1ccc(C(=O)N/N=C/c2cc(Br)c(O)c(Br)c2)cc1. The van der Waals surface area contributed by atoms with E-state index >= 15 is 0 Å². The van der Waals surface area contributed by atoms with Crippen molar-refractivity contribution in [2.24, 2.45) is 5.10 Å². The quantitative estimate of drug-likeness (QED) is 0.156. The second-order valence-electron chi connectivity index (χ2n) is 7.38. The lowest BCUT2D eigenvalue weighted by Gasteiger charge is -2.07. The Morgan fingerprint density at radius 3 is 2.19 bits per heavy atom. The first-order valence-electron chi connectivity index (χ1n) is 10.8. The van der Waals surface area contributed by atoms with Crippen LogP contribution in [0.3, 0.4) is 0 Å². The highest BCUT2D eigenvalue weighted by Gasteiger charge is 2.06. The molecule has 2 aromatic carbocycles. The molecule has 2 N–H and O–H groups in total. The number of amides is 1. The van der Waals surface area contributed by atoms with Gasteiger partial charge in [0.05, 0.1) is 21.8 Å². The zero-order valence-electron chi connectivity index (χ0n) is 17.9. The second kappa shape index (κ2) is 14.2. The maximum absolute atomic E-state index is 12.2. The molecule has 168 valence electrons. The predicted molar refractivity (Wildman–Crippen MR) is 133 cm³/mol. The van der Waals surface area contributed by atoms with Gasteiger partial charge in [0.1, 0.15) is 11.5 Å². The standard InChI is InChI=1S/C24H30Br2N2O3/c1-2-3-4-5-6-7-8-9-14-31-20-12-10-19(11-13-20)24(30)28-27-17-18-15-21(25)23(29)22(26)16-18/h10-13,15-17,29H,2-9,14H2,1H3,(H,28,30)/b27-17+. The van der Waals surface area contributed by atoms with E-state index in [4.69, 9.17) is 4.74 Å². The van der Waals surface area contributed by atoms with Crippen molar-refractivity contribution in [3.63, 3.8) is 0 Å². The number of benzene rings is 2. The van der Waals surface area contributed by atoms with Crippen LogP contribution in [0.4, 0.5) is 0 Å². The number of hydrazone groups is 1. The molecule has 5 nitrogen and oxygen atoms in total. The Balaban J connectivity index is 1.69. The van der Waals surface area contributed by atoms with Crippen molar-refractivity contribution in [1.29, 1.82) is 0 Å². The molecule has 2 rings (SSSR count). The van der Waals surface area contributed by atoms with E-state index in [9.17, 15) is 9.90 Å². The number of phenolic OH excluding ortho intramolecular Hbond substituents is 1. The Morgan fingerprint density at radius 1 is 1.00 bits per heavy atom. The van der Waals surface area contributed by atoms with E-state index in [2.05, 4.69) is 49.3 Å². The number of hydrogen-bond acceptors (Lipinski definition) is 4. The molecule has 1 amide bonds. The van der Waals surface area contributed by atoms with Crippen LogP contribution in [0.25, 0.3) is 0 Å². The van der Waals surface area contributed by atoms with E-state index < -0.39 is 0 Å². The minimum Gasteiger partial charge on any atom is -0.506 e. The molecule has 31 heavy (non-hydrogen) atoms. The molecular weight excluding hydrogens is 524 g/mol. The van der Waals surface area contributed by atoms with Gasteiger partial charge in [0.2, 0.25) is 0 Å². The van der Waals surface area contributed by atoms with Crippen molar-refractivity contribution < 1.29 is 14.6 Å². The van der Waals surface area contributed by atoms with Crippen LogP contribution in [0.2, 0.25) is 0 Å². The number of unbranched alkanes of at least 4 members (excludes halogenated alkanes) is 7. The number of nitrogens with zero attached hydrogens (tertiary/aromatic N) is 1. The van der Waals surface area contributed by atoms with E-state index in [0.717, 1.165) is 17.7 Å². The molecule has 0 aliphatic heterocycles. The molecule has 0 heterocycles. The maximum Gasteiger partial charge on any atom is 0.271 e. The molecule has 0 saturated heterocycles. The first kappa shape index (κ1) is 25.4. The summed E-state index contributed by atoms with van der Waals surface area (Å²) in [4.78, 5) is 12.2. The molecule has 7 heteroatoms. The van der Waals surface area contributed by atoms with Crippen LogP contribution in [0.5, 0.6) is 11.5 Å². The van der Waals surface area contributed by atoms with Gasteiger partial charge < -0.3 is 9.84 Å². The number of aromatic hydroxyl groups is 1. The van der Waals surface area contributed by atoms with Gasteiger partial charge in [-0.3, -0.25) is 4.79 Å². The first-order chi connectivity index (χ1) is 15.0. The van der Waals surface area contributed by atoms with E-state index in [1.54, 1.807) is 36.4 Å². The van der Waals surface area contributed by atoms with Gasteiger partial charge in [-0.1, -0.05) is 51.9 Å². The number of carbonyl (C=O) groups is 1. The Bertz CT molecular complexity index is 831. The zero-order chi connectivity index (χ0) is 22.5. The normalized spacial score (nSPS) is 11.1. The molecule has 2 aromatic rings. The zero-order valence-corrected chi connectivity index (χ0v) is 21.0. The smallest absolute Gasteiger partial charge is 0.271 e. The lowest BCUT2D eigenvalue weighted by atomic mass is 10.1. The van der Waals surface area contributed by atoms with Gasteiger partial charge in [0.25, 0.3) is 5.91 Å². The van der Waals surface area contributed by atoms with Crippen LogP contribution >= 0.6 is 31.9 Å². The fourth-order valence-electron chi connectivity index (χ4n) is 3.02. The van der Waals surface area contributed by atoms with Gasteiger partial charge >= 0.3 is 0 Å². The average molecular weight is 554 g/mol. The minimum absolute atomic E-state index is 0.117. The number of rotatable bonds is 13. The topological polar surface area (TPSA) is 70.9 Å². The van der Waals surface area contributed by atoms with Gasteiger partial charge in [-0.05, 0) is 80.2 Å². The number of ether oxygens (including phenoxy) is 1. The number of phenols is 1. The van der Waals surface area contributed by atoms with Gasteiger partial charge in [0, 0.05) is 5.56 Å². The third-order valence-electron chi connectivity index (χ3n) is 4.80. The third kappa shape index (κ3) is 9.44. The Morgan fingerprint density at radius 2 is 1.58 bits per heavy atom. The molecule has 0 saturated carbocycles. The molecule has 0 spiro atoms. The van der Waals surface area contributed by atoms with Crippen molar-refractivity contribution in [1.82, 2.24) is 5.43 Å². The van der Waals surface area contributed by atoms with Gasteiger partial charge in [0.15, 0.2) is 0 Å². The highest BCUT2D eigenvalue weighted by Crippen LogP contribution is 2.32. The van der Waals surface area contributed by atoms with E-state index in [-0.39, 0.29) is 11.7 Å². The van der Waals surface area contributed by atoms with Crippen LogP contribution in [-0.4, -0.2) is 23.8 Å². The Hall–Kier alpha value is -1.86. The Labute approximate surface area is 201 Å². The summed E-state index contributed by atoms with van der Waals surface area (Å²) in [7, 11) is 0. The highest BCUT2D eigenvalue weighted by atomic mass is 79.9. The number of nitrogens with one attached hydrogen (secondary N) is 1. The predicted octanol–water partition coefficient (Wildman–Crippen LogP) is 7.20. The number of carbonyl (C=O) groups excluding carboxylic acids is 1. The molecule has 0 bridgehead atoms. The van der Waals surface area contributed by atoms with Crippen molar-refractivity contribution in [3.05, 3.63) is 56.5 Å². The third-order valence-corrected chi connectivity index (χ3v) is 6.01. The highest BCUT2D eigenvalue weighted by molar-refractivity contribution is 9.11. The fourth-order valence-corrected chi connectivity index (χ4v) is 4.24. The van der Waals surface area contributed by atoms with E-state index in [1.165, 1.54) is 51.2 Å². The van der Waals surface area contributed by atoms with Crippen LogP contribution < -0.4 is 10.2 Å². The molecule has 0 fully saturated rings. The van der Waals surface area contributed by atoms with Crippen LogP contribution in [-0.2, 0) is 0 Å². The van der Waals surface area contributed by atoms with Crippen molar-refractivity contribution in [2.45, 2.75) is 58.3 Å². The van der Waals surface area contributed by atoms with Gasteiger partial charge in [-0.25, -0.2) is 5.43 Å². The average Bonchev–Trinajstić information content (AvgIpc) is 2.76. The van der Waals surface area contributed by atoms with E-state index in [1.807, 2.05) is 0 Å². The lowest BCUT2D eigenvalue weighted by molar-refractivity contribution is 0.0955. The fraction of sp³-hybridized carbons (Fsp3) is 0.417.